The first-order valence-corrected chi connectivity index (χ1v) is 7.47. The Hall–Kier alpha value is -0.130. The van der Waals surface area contributed by atoms with Gasteiger partial charge in [-0.3, -0.25) is 0 Å². The van der Waals surface area contributed by atoms with Gasteiger partial charge in [-0.25, -0.2) is 8.42 Å². The second kappa shape index (κ2) is 4.39. The topological polar surface area (TPSA) is 49.4 Å². The van der Waals surface area contributed by atoms with Crippen molar-refractivity contribution in [3.8, 4) is 0 Å². The lowest BCUT2D eigenvalue weighted by Gasteiger charge is -2.28. The van der Waals surface area contributed by atoms with Gasteiger partial charge in [0.25, 0.3) is 0 Å². The molecule has 0 saturated carbocycles. The number of hydrogen-bond acceptors (Lipinski definition) is 3. The largest absolute Gasteiger partial charge is 0.312 e. The highest BCUT2D eigenvalue weighted by Crippen LogP contribution is 2.21. The number of nitrogens with zero attached hydrogens (tertiary/aromatic N) is 1. The van der Waals surface area contributed by atoms with E-state index in [1.165, 1.54) is 0 Å². The van der Waals surface area contributed by atoms with Crippen LogP contribution < -0.4 is 5.32 Å². The van der Waals surface area contributed by atoms with E-state index in [0.717, 1.165) is 32.2 Å². The Kier molecular flexibility index (Phi) is 3.33. The van der Waals surface area contributed by atoms with E-state index in [1.54, 1.807) is 4.31 Å². The van der Waals surface area contributed by atoms with E-state index in [0.29, 0.717) is 18.3 Å². The van der Waals surface area contributed by atoms with Gasteiger partial charge >= 0.3 is 0 Å². The van der Waals surface area contributed by atoms with Crippen LogP contribution in [-0.4, -0.2) is 43.6 Å². The van der Waals surface area contributed by atoms with Crippen LogP contribution in [0.5, 0.6) is 0 Å². The Balaban J connectivity index is 2.27. The van der Waals surface area contributed by atoms with Crippen LogP contribution in [0.3, 0.4) is 0 Å². The maximum atomic E-state index is 12.0. The molecular weight excluding hydrogens is 212 g/mol. The first kappa shape index (κ1) is 11.4. The van der Waals surface area contributed by atoms with E-state index in [2.05, 4.69) is 12.2 Å². The van der Waals surface area contributed by atoms with Crippen molar-refractivity contribution in [2.75, 3.05) is 18.8 Å². The van der Waals surface area contributed by atoms with Crippen LogP contribution in [0.25, 0.3) is 0 Å². The molecule has 1 N–H and O–H groups in total. The summed E-state index contributed by atoms with van der Waals surface area (Å²) >= 11 is 0. The summed E-state index contributed by atoms with van der Waals surface area (Å²) in [6, 6.07) is 0.692. The van der Waals surface area contributed by atoms with Gasteiger partial charge in [-0.05, 0) is 25.7 Å². The summed E-state index contributed by atoms with van der Waals surface area (Å²) in [5, 5.41) is 3.49. The normalized spacial score (nSPS) is 40.5. The molecule has 88 valence electrons. The minimum atomic E-state index is -2.99. The van der Waals surface area contributed by atoms with Gasteiger partial charge in [0.1, 0.15) is 0 Å². The van der Waals surface area contributed by atoms with Gasteiger partial charge in [0.2, 0.25) is 10.0 Å². The molecule has 3 unspecified atom stereocenters. The van der Waals surface area contributed by atoms with Crippen LogP contribution in [-0.2, 0) is 10.0 Å². The second-order valence-electron chi connectivity index (χ2n) is 4.52. The predicted octanol–water partition coefficient (Wildman–Crippen LogP) is 0.553. The lowest BCUT2D eigenvalue weighted by Crippen LogP contribution is -2.43. The molecule has 0 aromatic rings. The molecule has 2 aliphatic heterocycles. The van der Waals surface area contributed by atoms with Crippen LogP contribution in [0.15, 0.2) is 0 Å². The lowest BCUT2D eigenvalue weighted by atomic mass is 10.1. The Morgan fingerprint density at radius 2 is 2.20 bits per heavy atom. The molecule has 2 fully saturated rings. The van der Waals surface area contributed by atoms with Crippen molar-refractivity contribution < 1.29 is 8.42 Å². The van der Waals surface area contributed by atoms with Gasteiger partial charge in [0.05, 0.1) is 5.75 Å². The highest BCUT2D eigenvalue weighted by atomic mass is 32.2. The van der Waals surface area contributed by atoms with Gasteiger partial charge < -0.3 is 5.32 Å². The molecule has 0 aliphatic carbocycles. The molecule has 2 saturated heterocycles. The van der Waals surface area contributed by atoms with E-state index in [9.17, 15) is 8.42 Å². The number of fused-ring (bicyclic) bond motifs is 3. The van der Waals surface area contributed by atoms with Crippen LogP contribution in [0.1, 0.15) is 32.6 Å². The fourth-order valence-electron chi connectivity index (χ4n) is 2.56. The smallest absolute Gasteiger partial charge is 0.214 e. The molecule has 4 nitrogen and oxygen atoms in total. The standard InChI is InChI=1S/C10H20N2O2S/c1-2-10-8-11-9-4-3-7-15(13,14)12(10)6-5-9/h9-11H,2-8H2,1H3. The molecule has 0 aromatic carbocycles. The zero-order valence-electron chi connectivity index (χ0n) is 9.28. The lowest BCUT2D eigenvalue weighted by molar-refractivity contribution is 0.325. The summed E-state index contributed by atoms with van der Waals surface area (Å²) in [4.78, 5) is 0. The molecular formula is C10H20N2O2S. The Bertz CT molecular complexity index is 315. The fraction of sp³-hybridized carbons (Fsp3) is 1.00. The van der Waals surface area contributed by atoms with Crippen molar-refractivity contribution in [2.45, 2.75) is 44.7 Å². The summed E-state index contributed by atoms with van der Waals surface area (Å²) in [5.74, 6) is 0.335. The quantitative estimate of drug-likeness (QED) is 0.718. The minimum Gasteiger partial charge on any atom is -0.312 e. The summed E-state index contributed by atoms with van der Waals surface area (Å²) in [5.41, 5.74) is 0. The Morgan fingerprint density at radius 1 is 1.40 bits per heavy atom. The fourth-order valence-corrected chi connectivity index (χ4v) is 4.39. The SMILES string of the molecule is CCC1CNC2CCCS(=O)(=O)N1CC2. The van der Waals surface area contributed by atoms with Crippen LogP contribution in [0.4, 0.5) is 0 Å². The van der Waals surface area contributed by atoms with Crippen molar-refractivity contribution in [3.05, 3.63) is 0 Å². The van der Waals surface area contributed by atoms with E-state index in [1.807, 2.05) is 0 Å². The summed E-state index contributed by atoms with van der Waals surface area (Å²) in [7, 11) is -2.99. The van der Waals surface area contributed by atoms with Crippen LogP contribution in [0.2, 0.25) is 0 Å². The Labute approximate surface area is 92.1 Å². The average molecular weight is 232 g/mol. The second-order valence-corrected chi connectivity index (χ2v) is 6.57. The highest BCUT2D eigenvalue weighted by Gasteiger charge is 2.33. The van der Waals surface area contributed by atoms with Crippen LogP contribution >= 0.6 is 0 Å². The monoisotopic (exact) mass is 232 g/mol. The van der Waals surface area contributed by atoms with Gasteiger partial charge in [0.15, 0.2) is 0 Å². The van der Waals surface area contributed by atoms with Gasteiger partial charge in [-0.1, -0.05) is 6.92 Å². The number of sulfonamides is 1. The molecule has 2 bridgehead atoms. The molecule has 2 rings (SSSR count). The molecule has 15 heavy (non-hydrogen) atoms. The molecule has 2 heterocycles. The first-order valence-electron chi connectivity index (χ1n) is 5.86. The summed E-state index contributed by atoms with van der Waals surface area (Å²) < 4.78 is 25.8. The molecule has 0 aromatic heterocycles. The van der Waals surface area contributed by atoms with E-state index in [-0.39, 0.29) is 6.04 Å². The van der Waals surface area contributed by atoms with Crippen molar-refractivity contribution in [3.63, 3.8) is 0 Å². The summed E-state index contributed by atoms with van der Waals surface area (Å²) in [6.07, 6.45) is 3.67. The molecule has 5 heteroatoms. The molecule has 0 spiro atoms. The summed E-state index contributed by atoms with van der Waals surface area (Å²) in [6.45, 7) is 3.59. The highest BCUT2D eigenvalue weighted by molar-refractivity contribution is 7.89. The van der Waals surface area contributed by atoms with E-state index < -0.39 is 10.0 Å². The number of hydrogen-bond donors (Lipinski definition) is 1. The molecule has 3 atom stereocenters. The third kappa shape index (κ3) is 2.34. The zero-order valence-corrected chi connectivity index (χ0v) is 10.1. The van der Waals surface area contributed by atoms with E-state index >= 15 is 0 Å². The minimum absolute atomic E-state index is 0.165. The first-order chi connectivity index (χ1) is 7.13. The van der Waals surface area contributed by atoms with Crippen molar-refractivity contribution >= 4 is 10.0 Å². The third-order valence-corrected chi connectivity index (χ3v) is 5.53. The average Bonchev–Trinajstić information content (AvgIpc) is 2.35. The van der Waals surface area contributed by atoms with E-state index in [4.69, 9.17) is 0 Å². The van der Waals surface area contributed by atoms with Crippen molar-refractivity contribution in [2.24, 2.45) is 0 Å². The predicted molar refractivity (Wildman–Crippen MR) is 60.2 cm³/mol. The number of rotatable bonds is 1. The van der Waals surface area contributed by atoms with Crippen LogP contribution in [0, 0.1) is 0 Å². The van der Waals surface area contributed by atoms with Gasteiger partial charge in [-0.2, -0.15) is 4.31 Å². The van der Waals surface area contributed by atoms with Crippen molar-refractivity contribution in [1.29, 1.82) is 0 Å². The molecule has 0 radical (unpaired) electrons. The third-order valence-electron chi connectivity index (χ3n) is 3.53. The molecule has 2 aliphatic rings. The Morgan fingerprint density at radius 3 is 2.93 bits per heavy atom. The number of nitrogens with one attached hydrogen (secondary N) is 1. The zero-order chi connectivity index (χ0) is 10.9. The van der Waals surface area contributed by atoms with Gasteiger partial charge in [-0.15, -0.1) is 0 Å². The van der Waals surface area contributed by atoms with Gasteiger partial charge in [0, 0.05) is 25.2 Å². The maximum Gasteiger partial charge on any atom is 0.214 e. The maximum absolute atomic E-state index is 12.0. The van der Waals surface area contributed by atoms with Crippen molar-refractivity contribution in [1.82, 2.24) is 9.62 Å². The molecule has 0 amide bonds.